The molecular weight excluding hydrogens is 282 g/mol. The molecule has 0 aromatic carbocycles. The summed E-state index contributed by atoms with van der Waals surface area (Å²) in [7, 11) is 0. The summed E-state index contributed by atoms with van der Waals surface area (Å²) in [4.78, 5) is 23.2. The van der Waals surface area contributed by atoms with Crippen LogP contribution in [0.4, 0.5) is 0 Å². The molecule has 0 aliphatic rings. The van der Waals surface area contributed by atoms with Crippen molar-refractivity contribution >= 4 is 24.2 Å². The highest BCUT2D eigenvalue weighted by molar-refractivity contribution is 5.94. The van der Waals surface area contributed by atoms with Gasteiger partial charge in [0.1, 0.15) is 12.0 Å². The van der Waals surface area contributed by atoms with Gasteiger partial charge in [0.15, 0.2) is 0 Å². The van der Waals surface area contributed by atoms with E-state index in [-0.39, 0.29) is 43.2 Å². The van der Waals surface area contributed by atoms with E-state index in [0.717, 1.165) is 6.42 Å². The molecule has 0 saturated carbocycles. The fraction of sp³-hybridized carbons (Fsp3) is 0.538. The summed E-state index contributed by atoms with van der Waals surface area (Å²) in [5.41, 5.74) is 5.80. The minimum atomic E-state index is -0.264. The molecule has 1 aromatic heterocycles. The summed E-state index contributed by atoms with van der Waals surface area (Å²) in [5, 5.41) is 5.49. The number of furan rings is 1. The van der Waals surface area contributed by atoms with Crippen molar-refractivity contribution in [3.8, 4) is 0 Å². The van der Waals surface area contributed by atoms with Gasteiger partial charge in [-0.25, -0.2) is 0 Å². The number of hydrogen-bond donors (Lipinski definition) is 3. The molecule has 1 atom stereocenters. The largest absolute Gasteiger partial charge is 0.467 e. The average molecular weight is 304 g/mol. The van der Waals surface area contributed by atoms with E-state index in [2.05, 4.69) is 10.6 Å². The van der Waals surface area contributed by atoms with Gasteiger partial charge in [-0.1, -0.05) is 6.92 Å². The van der Waals surface area contributed by atoms with Crippen molar-refractivity contribution < 1.29 is 14.0 Å². The van der Waals surface area contributed by atoms with Crippen molar-refractivity contribution in [3.05, 3.63) is 23.7 Å². The van der Waals surface area contributed by atoms with Gasteiger partial charge in [0.25, 0.3) is 5.91 Å². The zero-order chi connectivity index (χ0) is 14.3. The number of nitrogens with two attached hydrogens (primary N) is 1. The van der Waals surface area contributed by atoms with E-state index in [1.807, 2.05) is 13.8 Å². The van der Waals surface area contributed by atoms with Gasteiger partial charge < -0.3 is 20.8 Å². The predicted molar refractivity (Wildman–Crippen MR) is 78.7 cm³/mol. The lowest BCUT2D eigenvalue weighted by Crippen LogP contribution is -2.35. The lowest BCUT2D eigenvalue weighted by atomic mass is 10.2. The molecule has 0 spiro atoms. The summed E-state index contributed by atoms with van der Waals surface area (Å²) in [6.45, 7) is 4.49. The van der Waals surface area contributed by atoms with Gasteiger partial charge in [-0.3, -0.25) is 9.59 Å². The standard InChI is InChI=1S/C13H21N3O3.ClH/c1-3-9(2)16-12(17)4-5-15-13(18)10-6-11(7-14)19-8-10;/h6,8-9H,3-5,7,14H2,1-2H3,(H,15,18)(H,16,17);1H. The number of amides is 2. The van der Waals surface area contributed by atoms with Crippen LogP contribution in [-0.4, -0.2) is 24.4 Å². The van der Waals surface area contributed by atoms with Gasteiger partial charge in [0, 0.05) is 19.0 Å². The highest BCUT2D eigenvalue weighted by atomic mass is 35.5. The summed E-state index contributed by atoms with van der Waals surface area (Å²) in [6, 6.07) is 1.75. The van der Waals surface area contributed by atoms with E-state index >= 15 is 0 Å². The Kier molecular flexibility index (Phi) is 8.67. The molecule has 2 amide bonds. The normalized spacial score (nSPS) is 11.3. The van der Waals surface area contributed by atoms with Crippen LogP contribution in [0.3, 0.4) is 0 Å². The maximum atomic E-state index is 11.7. The van der Waals surface area contributed by atoms with E-state index < -0.39 is 0 Å². The fourth-order valence-electron chi connectivity index (χ4n) is 1.45. The van der Waals surface area contributed by atoms with Crippen LogP contribution >= 0.6 is 12.4 Å². The molecule has 1 aromatic rings. The topological polar surface area (TPSA) is 97.4 Å². The van der Waals surface area contributed by atoms with Gasteiger partial charge in [-0.05, 0) is 19.4 Å². The molecule has 114 valence electrons. The van der Waals surface area contributed by atoms with Crippen molar-refractivity contribution in [3.63, 3.8) is 0 Å². The Morgan fingerprint density at radius 1 is 1.45 bits per heavy atom. The van der Waals surface area contributed by atoms with Gasteiger partial charge in [-0.15, -0.1) is 12.4 Å². The molecule has 0 aliphatic heterocycles. The SMILES string of the molecule is CCC(C)NC(=O)CCNC(=O)c1coc(CN)c1.Cl. The maximum Gasteiger partial charge on any atom is 0.254 e. The molecular formula is C13H22ClN3O3. The Morgan fingerprint density at radius 3 is 2.70 bits per heavy atom. The quantitative estimate of drug-likeness (QED) is 0.705. The molecule has 7 heteroatoms. The molecule has 1 unspecified atom stereocenters. The second-order valence-corrected chi connectivity index (χ2v) is 4.39. The van der Waals surface area contributed by atoms with Crippen molar-refractivity contribution in [2.45, 2.75) is 39.3 Å². The van der Waals surface area contributed by atoms with Crippen LogP contribution in [0.1, 0.15) is 42.8 Å². The first kappa shape index (κ1) is 18.5. The van der Waals surface area contributed by atoms with Crippen molar-refractivity contribution in [2.75, 3.05) is 6.54 Å². The van der Waals surface area contributed by atoms with E-state index in [9.17, 15) is 9.59 Å². The number of rotatable bonds is 7. The van der Waals surface area contributed by atoms with Crippen LogP contribution in [0, 0.1) is 0 Å². The van der Waals surface area contributed by atoms with Crippen LogP contribution in [0.25, 0.3) is 0 Å². The lowest BCUT2D eigenvalue weighted by molar-refractivity contribution is -0.121. The van der Waals surface area contributed by atoms with Crippen LogP contribution < -0.4 is 16.4 Å². The highest BCUT2D eigenvalue weighted by Gasteiger charge is 2.10. The maximum absolute atomic E-state index is 11.7. The smallest absolute Gasteiger partial charge is 0.254 e. The van der Waals surface area contributed by atoms with E-state index in [0.29, 0.717) is 17.9 Å². The van der Waals surface area contributed by atoms with Gasteiger partial charge >= 0.3 is 0 Å². The van der Waals surface area contributed by atoms with Crippen molar-refractivity contribution in [1.29, 1.82) is 0 Å². The third-order valence-electron chi connectivity index (χ3n) is 2.77. The minimum Gasteiger partial charge on any atom is -0.467 e. The van der Waals surface area contributed by atoms with Gasteiger partial charge in [0.2, 0.25) is 5.91 Å². The number of carbonyl (C=O) groups excluding carboxylic acids is 2. The Balaban J connectivity index is 0.00000361. The fourth-order valence-corrected chi connectivity index (χ4v) is 1.45. The van der Waals surface area contributed by atoms with Crippen molar-refractivity contribution in [2.24, 2.45) is 5.73 Å². The molecule has 0 fully saturated rings. The van der Waals surface area contributed by atoms with Crippen LogP contribution in [0.15, 0.2) is 16.7 Å². The molecule has 0 aliphatic carbocycles. The average Bonchev–Trinajstić information content (AvgIpc) is 2.87. The summed E-state index contributed by atoms with van der Waals surface area (Å²) in [6.07, 6.45) is 2.50. The molecule has 0 bridgehead atoms. The number of nitrogens with one attached hydrogen (secondary N) is 2. The van der Waals surface area contributed by atoms with Gasteiger partial charge in [0.05, 0.1) is 12.1 Å². The third kappa shape index (κ3) is 6.08. The van der Waals surface area contributed by atoms with Crippen LogP contribution in [0.2, 0.25) is 0 Å². The Bertz CT molecular complexity index is 434. The first-order valence-corrected chi connectivity index (χ1v) is 6.41. The highest BCUT2D eigenvalue weighted by Crippen LogP contribution is 2.06. The minimum absolute atomic E-state index is 0. The van der Waals surface area contributed by atoms with Gasteiger partial charge in [-0.2, -0.15) is 0 Å². The number of halogens is 1. The molecule has 20 heavy (non-hydrogen) atoms. The summed E-state index contributed by atoms with van der Waals surface area (Å²) in [5.74, 6) is 0.226. The second-order valence-electron chi connectivity index (χ2n) is 4.39. The molecule has 1 rings (SSSR count). The molecule has 0 radical (unpaired) electrons. The molecule has 1 heterocycles. The monoisotopic (exact) mass is 303 g/mol. The van der Waals surface area contributed by atoms with Crippen LogP contribution in [0.5, 0.6) is 0 Å². The Labute approximate surface area is 124 Å². The number of hydrogen-bond acceptors (Lipinski definition) is 4. The lowest BCUT2D eigenvalue weighted by Gasteiger charge is -2.11. The Hall–Kier alpha value is -1.53. The zero-order valence-corrected chi connectivity index (χ0v) is 12.6. The summed E-state index contributed by atoms with van der Waals surface area (Å²) < 4.78 is 5.06. The van der Waals surface area contributed by atoms with E-state index in [1.165, 1.54) is 6.26 Å². The Morgan fingerprint density at radius 2 is 2.15 bits per heavy atom. The zero-order valence-electron chi connectivity index (χ0n) is 11.8. The van der Waals surface area contributed by atoms with Crippen LogP contribution in [-0.2, 0) is 11.3 Å². The summed E-state index contributed by atoms with van der Waals surface area (Å²) >= 11 is 0. The second kappa shape index (κ2) is 9.39. The molecule has 6 nitrogen and oxygen atoms in total. The first-order valence-electron chi connectivity index (χ1n) is 6.41. The number of carbonyl (C=O) groups is 2. The molecule has 4 N–H and O–H groups in total. The first-order chi connectivity index (χ1) is 9.06. The van der Waals surface area contributed by atoms with Crippen molar-refractivity contribution in [1.82, 2.24) is 10.6 Å². The van der Waals surface area contributed by atoms with E-state index in [4.69, 9.17) is 10.2 Å². The third-order valence-corrected chi connectivity index (χ3v) is 2.77. The van der Waals surface area contributed by atoms with E-state index in [1.54, 1.807) is 6.07 Å². The molecule has 0 saturated heterocycles. The predicted octanol–water partition coefficient (Wildman–Crippen LogP) is 1.19.